The van der Waals surface area contributed by atoms with Crippen LogP contribution in [-0.2, 0) is 20.6 Å². The predicted octanol–water partition coefficient (Wildman–Crippen LogP) is 1.06. The van der Waals surface area contributed by atoms with Gasteiger partial charge in [-0.3, -0.25) is 9.78 Å². The second kappa shape index (κ2) is 7.38. The van der Waals surface area contributed by atoms with Crippen LogP contribution in [0, 0.1) is 5.82 Å². The number of halogens is 1. The van der Waals surface area contributed by atoms with Crippen LogP contribution in [0.25, 0.3) is 0 Å². The highest BCUT2D eigenvalue weighted by molar-refractivity contribution is 7.88. The van der Waals surface area contributed by atoms with Crippen molar-refractivity contribution in [3.63, 3.8) is 0 Å². The predicted molar refractivity (Wildman–Crippen MR) is 92.0 cm³/mol. The number of benzene rings is 1. The number of rotatable bonds is 6. The average Bonchev–Trinajstić information content (AvgIpc) is 3.03. The number of hydrogen-bond donors (Lipinski definition) is 1. The van der Waals surface area contributed by atoms with Crippen molar-refractivity contribution in [1.29, 1.82) is 0 Å². The Morgan fingerprint density at radius 3 is 2.73 bits per heavy atom. The van der Waals surface area contributed by atoms with Gasteiger partial charge in [0, 0.05) is 18.2 Å². The van der Waals surface area contributed by atoms with Crippen LogP contribution in [0.3, 0.4) is 0 Å². The highest BCUT2D eigenvalue weighted by Gasteiger charge is 2.43. The molecular formula is C17H18FN3O4S. The molecule has 2 aromatic rings. The van der Waals surface area contributed by atoms with Crippen molar-refractivity contribution in [2.75, 3.05) is 6.54 Å². The lowest BCUT2D eigenvalue weighted by Crippen LogP contribution is -2.44. The molecule has 0 bridgehead atoms. The second-order valence-corrected chi connectivity index (χ2v) is 7.92. The summed E-state index contributed by atoms with van der Waals surface area (Å²) in [6, 6.07) is 7.95. The summed E-state index contributed by atoms with van der Waals surface area (Å²) < 4.78 is 46.0. The van der Waals surface area contributed by atoms with Gasteiger partial charge in [-0.25, -0.2) is 12.8 Å². The molecule has 0 unspecified atom stereocenters. The summed E-state index contributed by atoms with van der Waals surface area (Å²) >= 11 is 0. The van der Waals surface area contributed by atoms with Crippen molar-refractivity contribution < 1.29 is 22.3 Å². The maximum atomic E-state index is 13.8. The number of pyridine rings is 1. The Bertz CT molecular complexity index is 892. The molecule has 138 valence electrons. The largest absolute Gasteiger partial charge is 0.487 e. The van der Waals surface area contributed by atoms with E-state index in [0.717, 1.165) is 4.31 Å². The van der Waals surface area contributed by atoms with Gasteiger partial charge in [-0.1, -0.05) is 18.2 Å². The number of sulfonamides is 1. The highest BCUT2D eigenvalue weighted by atomic mass is 32.2. The molecule has 1 fully saturated rings. The average molecular weight is 379 g/mol. The quantitative estimate of drug-likeness (QED) is 0.808. The number of carbonyl (C=O) groups is 1. The van der Waals surface area contributed by atoms with Gasteiger partial charge < -0.3 is 10.5 Å². The van der Waals surface area contributed by atoms with Crippen LogP contribution < -0.4 is 10.5 Å². The summed E-state index contributed by atoms with van der Waals surface area (Å²) in [5, 5.41) is 0. The lowest BCUT2D eigenvalue weighted by Gasteiger charge is -2.21. The van der Waals surface area contributed by atoms with Crippen molar-refractivity contribution in [3.8, 4) is 5.75 Å². The van der Waals surface area contributed by atoms with Crippen LogP contribution in [-0.4, -0.2) is 42.3 Å². The number of carbonyl (C=O) groups excluding carboxylic acids is 1. The summed E-state index contributed by atoms with van der Waals surface area (Å²) in [7, 11) is -3.96. The fraction of sp³-hybridized carbons (Fsp3) is 0.294. The molecule has 9 heteroatoms. The Hall–Kier alpha value is -2.52. The van der Waals surface area contributed by atoms with Crippen LogP contribution in [0.1, 0.15) is 12.0 Å². The monoisotopic (exact) mass is 379 g/mol. The summed E-state index contributed by atoms with van der Waals surface area (Å²) in [6.07, 6.45) is 2.65. The number of aromatic nitrogens is 1. The van der Waals surface area contributed by atoms with Crippen LogP contribution in [0.2, 0.25) is 0 Å². The van der Waals surface area contributed by atoms with Gasteiger partial charge in [0.15, 0.2) is 0 Å². The summed E-state index contributed by atoms with van der Waals surface area (Å²) in [4.78, 5) is 15.7. The van der Waals surface area contributed by atoms with Crippen molar-refractivity contribution in [2.24, 2.45) is 5.73 Å². The molecular weight excluding hydrogens is 361 g/mol. The van der Waals surface area contributed by atoms with Crippen LogP contribution in [0.4, 0.5) is 4.39 Å². The van der Waals surface area contributed by atoms with E-state index in [1.54, 1.807) is 24.4 Å². The minimum Gasteiger partial charge on any atom is -0.487 e. The first-order valence-electron chi connectivity index (χ1n) is 7.96. The third-order valence-corrected chi connectivity index (χ3v) is 5.93. The molecule has 0 radical (unpaired) electrons. The Morgan fingerprint density at radius 2 is 2.08 bits per heavy atom. The standard InChI is InChI=1S/C17H18FN3O4S/c18-15-6-2-1-4-12(15)11-26(23,24)21-10-14(8-16(21)17(19)22)25-13-5-3-7-20-9-13/h1-7,9,14,16H,8,10-11H2,(H2,19,22)/t14-,16-/m0/s1. The summed E-state index contributed by atoms with van der Waals surface area (Å²) in [5.74, 6) is -1.47. The van der Waals surface area contributed by atoms with E-state index in [4.69, 9.17) is 10.5 Å². The zero-order valence-corrected chi connectivity index (χ0v) is 14.6. The highest BCUT2D eigenvalue weighted by Crippen LogP contribution is 2.27. The first-order valence-corrected chi connectivity index (χ1v) is 9.56. The van der Waals surface area contributed by atoms with Gasteiger partial charge in [0.05, 0.1) is 18.5 Å². The first kappa shape index (κ1) is 18.3. The molecule has 3 rings (SSSR count). The van der Waals surface area contributed by atoms with Gasteiger partial charge >= 0.3 is 0 Å². The number of primary amides is 1. The Balaban J connectivity index is 1.80. The molecule has 1 aliphatic heterocycles. The fourth-order valence-corrected chi connectivity index (χ4v) is 4.69. The fourth-order valence-electron chi connectivity index (χ4n) is 2.92. The third kappa shape index (κ3) is 4.00. The third-order valence-electron chi connectivity index (χ3n) is 4.14. The zero-order valence-electron chi connectivity index (χ0n) is 13.8. The first-order chi connectivity index (χ1) is 12.4. The topological polar surface area (TPSA) is 103 Å². The summed E-state index contributed by atoms with van der Waals surface area (Å²) in [6.45, 7) is -0.0424. The van der Waals surface area contributed by atoms with E-state index in [0.29, 0.717) is 5.75 Å². The molecule has 2 heterocycles. The Morgan fingerprint density at radius 1 is 1.31 bits per heavy atom. The second-order valence-electron chi connectivity index (χ2n) is 6.00. The number of nitrogens with zero attached hydrogens (tertiary/aromatic N) is 2. The van der Waals surface area contributed by atoms with Crippen molar-refractivity contribution in [2.45, 2.75) is 24.3 Å². The molecule has 0 aliphatic carbocycles. The van der Waals surface area contributed by atoms with Gasteiger partial charge in [0.25, 0.3) is 0 Å². The molecule has 0 spiro atoms. The maximum Gasteiger partial charge on any atom is 0.236 e. The molecule has 0 saturated carbocycles. The van der Waals surface area contributed by atoms with Crippen molar-refractivity contribution in [3.05, 3.63) is 60.2 Å². The van der Waals surface area contributed by atoms with E-state index in [-0.39, 0.29) is 18.5 Å². The van der Waals surface area contributed by atoms with Crippen LogP contribution in [0.5, 0.6) is 5.75 Å². The van der Waals surface area contributed by atoms with Crippen molar-refractivity contribution >= 4 is 15.9 Å². The lowest BCUT2D eigenvalue weighted by molar-refractivity contribution is -0.121. The number of hydrogen-bond acceptors (Lipinski definition) is 5. The molecule has 1 aromatic carbocycles. The Labute approximate surface area is 150 Å². The normalized spacial score (nSPS) is 20.8. The molecule has 7 nitrogen and oxygen atoms in total. The van der Waals surface area contributed by atoms with Crippen LogP contribution >= 0.6 is 0 Å². The smallest absolute Gasteiger partial charge is 0.236 e. The van der Waals surface area contributed by atoms with Gasteiger partial charge in [0.1, 0.15) is 23.7 Å². The van der Waals surface area contributed by atoms with E-state index in [9.17, 15) is 17.6 Å². The zero-order chi connectivity index (χ0) is 18.7. The minimum absolute atomic E-state index is 0.0346. The molecule has 2 N–H and O–H groups in total. The van der Waals surface area contributed by atoms with E-state index in [2.05, 4.69) is 4.98 Å². The van der Waals surface area contributed by atoms with Gasteiger partial charge in [-0.05, 0) is 18.2 Å². The number of nitrogens with two attached hydrogens (primary N) is 1. The van der Waals surface area contributed by atoms with Gasteiger partial charge in [-0.2, -0.15) is 4.31 Å². The molecule has 1 saturated heterocycles. The molecule has 2 atom stereocenters. The van der Waals surface area contributed by atoms with Gasteiger partial charge in [0.2, 0.25) is 15.9 Å². The van der Waals surface area contributed by atoms with E-state index in [1.165, 1.54) is 24.4 Å². The molecule has 1 aromatic heterocycles. The minimum atomic E-state index is -3.96. The number of ether oxygens (including phenoxy) is 1. The molecule has 1 aliphatic rings. The van der Waals surface area contributed by atoms with E-state index >= 15 is 0 Å². The Kier molecular flexibility index (Phi) is 5.19. The van der Waals surface area contributed by atoms with Crippen LogP contribution in [0.15, 0.2) is 48.8 Å². The number of amides is 1. The van der Waals surface area contributed by atoms with Crippen molar-refractivity contribution in [1.82, 2.24) is 9.29 Å². The molecule has 26 heavy (non-hydrogen) atoms. The molecule has 1 amide bonds. The van der Waals surface area contributed by atoms with E-state index in [1.807, 2.05) is 0 Å². The summed E-state index contributed by atoms with van der Waals surface area (Å²) in [5.41, 5.74) is 5.41. The SMILES string of the molecule is NC(=O)[C@@H]1C[C@H](Oc2cccnc2)CN1S(=O)(=O)Cc1ccccc1F. The lowest BCUT2D eigenvalue weighted by atomic mass is 10.2. The van der Waals surface area contributed by atoms with Gasteiger partial charge in [-0.15, -0.1) is 0 Å². The maximum absolute atomic E-state index is 13.8. The van der Waals surface area contributed by atoms with E-state index < -0.39 is 39.6 Å².